The molecule has 0 spiro atoms. The fourth-order valence-corrected chi connectivity index (χ4v) is 6.44. The number of alkyl halides is 4. The average Bonchev–Trinajstić information content (AvgIpc) is 3.25. The van der Waals surface area contributed by atoms with E-state index in [0.717, 1.165) is 16.9 Å². The molecule has 4 rings (SSSR count). The van der Waals surface area contributed by atoms with Crippen molar-refractivity contribution >= 4 is 27.7 Å². The van der Waals surface area contributed by atoms with Crippen molar-refractivity contribution in [3.63, 3.8) is 0 Å². The number of allylic oxidation sites excluding steroid dienone is 4. The number of fused-ring (bicyclic) bond motifs is 1. The molecule has 3 heterocycles. The number of carbonyl (C=O) groups is 2. The third kappa shape index (κ3) is 6.83. The van der Waals surface area contributed by atoms with Crippen molar-refractivity contribution < 1.29 is 44.3 Å². The molecule has 0 radical (unpaired) electrons. The molecule has 10 nitrogen and oxygen atoms in total. The smallest absolute Gasteiger partial charge is 0.335 e. The molecule has 1 fully saturated rings. The highest BCUT2D eigenvalue weighted by Gasteiger charge is 2.42. The van der Waals surface area contributed by atoms with Crippen molar-refractivity contribution in [3.05, 3.63) is 35.3 Å². The Balaban J connectivity index is 1.45. The molecule has 1 saturated heterocycles. The number of imidazole rings is 1. The highest BCUT2D eigenvalue weighted by molar-refractivity contribution is 7.88. The van der Waals surface area contributed by atoms with Gasteiger partial charge in [0.25, 0.3) is 0 Å². The van der Waals surface area contributed by atoms with Crippen LogP contribution in [0.25, 0.3) is 0 Å². The van der Waals surface area contributed by atoms with Gasteiger partial charge in [-0.1, -0.05) is 6.92 Å². The van der Waals surface area contributed by atoms with Crippen molar-refractivity contribution in [2.24, 2.45) is 17.1 Å². The molecule has 17 heteroatoms. The van der Waals surface area contributed by atoms with E-state index in [1.54, 1.807) is 0 Å². The molecule has 3 N–H and O–H groups in total. The van der Waals surface area contributed by atoms with Gasteiger partial charge in [-0.3, -0.25) is 9.59 Å². The Labute approximate surface area is 238 Å². The SMILES string of the molecule is CC1(C[C@@H](N)CC(=O)N2CCn3c(C(F)(F)F)nc(NC(=O)C4CCN(S(C)(=O)=O)CC4)c3C2)C=C(F)C(F)=CC1F. The second-order valence-electron chi connectivity index (χ2n) is 11.2. The van der Waals surface area contributed by atoms with Crippen LogP contribution in [0.2, 0.25) is 0 Å². The standard InChI is InChI=1S/C25H32F6N6O4S/c1-24(12-17(27)16(26)10-19(24)28)11-15(32)9-20(38)35-7-8-37-18(13-35)21(34-23(37)25(29,30)31)33-22(39)14-3-5-36(6-4-14)42(2,40)41/h10,12,14-15,19H,3-9,11,13,32H2,1-2H3,(H,33,39)/t15-,19?,24?/m0/s1. The van der Waals surface area contributed by atoms with Crippen LogP contribution in [-0.4, -0.2) is 77.1 Å². The zero-order valence-electron chi connectivity index (χ0n) is 22.9. The van der Waals surface area contributed by atoms with Crippen molar-refractivity contribution in [3.8, 4) is 0 Å². The Kier molecular flexibility index (Phi) is 8.87. The van der Waals surface area contributed by atoms with Gasteiger partial charge in [0, 0.05) is 50.0 Å². The quantitative estimate of drug-likeness (QED) is 0.448. The van der Waals surface area contributed by atoms with E-state index in [1.807, 2.05) is 0 Å². The molecular formula is C25H32F6N6O4S. The van der Waals surface area contributed by atoms with Crippen LogP contribution in [0.5, 0.6) is 0 Å². The van der Waals surface area contributed by atoms with Gasteiger partial charge < -0.3 is 20.5 Å². The monoisotopic (exact) mass is 626 g/mol. The van der Waals surface area contributed by atoms with Gasteiger partial charge in [-0.2, -0.15) is 13.2 Å². The first-order valence-electron chi connectivity index (χ1n) is 13.2. The Morgan fingerprint density at radius 2 is 1.81 bits per heavy atom. The van der Waals surface area contributed by atoms with Crippen LogP contribution >= 0.6 is 0 Å². The summed E-state index contributed by atoms with van der Waals surface area (Å²) in [5.41, 5.74) is 4.51. The number of piperidine rings is 1. The van der Waals surface area contributed by atoms with Crippen LogP contribution in [-0.2, 0) is 38.9 Å². The van der Waals surface area contributed by atoms with E-state index in [9.17, 15) is 44.3 Å². The number of hydrogen-bond acceptors (Lipinski definition) is 6. The maximum absolute atomic E-state index is 14.5. The van der Waals surface area contributed by atoms with E-state index in [0.29, 0.717) is 6.08 Å². The lowest BCUT2D eigenvalue weighted by Gasteiger charge is -2.34. The van der Waals surface area contributed by atoms with Gasteiger partial charge in [-0.15, -0.1) is 0 Å². The van der Waals surface area contributed by atoms with Crippen molar-refractivity contribution in [2.75, 3.05) is 31.2 Å². The Hall–Kier alpha value is -2.92. The lowest BCUT2D eigenvalue weighted by atomic mass is 9.76. The number of halogens is 6. The summed E-state index contributed by atoms with van der Waals surface area (Å²) in [6, 6.07) is -0.978. The van der Waals surface area contributed by atoms with Gasteiger partial charge in [0.15, 0.2) is 17.5 Å². The van der Waals surface area contributed by atoms with E-state index < -0.39 is 69.0 Å². The van der Waals surface area contributed by atoms with E-state index in [1.165, 1.54) is 16.1 Å². The highest BCUT2D eigenvalue weighted by atomic mass is 32.2. The maximum atomic E-state index is 14.5. The number of rotatable bonds is 7. The first-order chi connectivity index (χ1) is 19.4. The topological polar surface area (TPSA) is 131 Å². The van der Waals surface area contributed by atoms with Gasteiger partial charge in [0.2, 0.25) is 27.7 Å². The molecule has 0 bridgehead atoms. The van der Waals surface area contributed by atoms with Gasteiger partial charge >= 0.3 is 6.18 Å². The van der Waals surface area contributed by atoms with Gasteiger partial charge in [0.05, 0.1) is 18.5 Å². The lowest BCUT2D eigenvalue weighted by Crippen LogP contribution is -2.43. The summed E-state index contributed by atoms with van der Waals surface area (Å²) in [7, 11) is -3.44. The van der Waals surface area contributed by atoms with Crippen LogP contribution < -0.4 is 11.1 Å². The predicted octanol–water partition coefficient (Wildman–Crippen LogP) is 3.03. The van der Waals surface area contributed by atoms with E-state index in [4.69, 9.17) is 5.73 Å². The maximum Gasteiger partial charge on any atom is 0.449 e. The Bertz CT molecular complexity index is 1400. The lowest BCUT2D eigenvalue weighted by molar-refractivity contribution is -0.148. The van der Waals surface area contributed by atoms with Gasteiger partial charge in [0.1, 0.15) is 6.17 Å². The zero-order valence-corrected chi connectivity index (χ0v) is 23.7. The number of nitrogens with zero attached hydrogens (tertiary/aromatic N) is 4. The minimum absolute atomic E-state index is 0.0499. The van der Waals surface area contributed by atoms with Crippen molar-refractivity contribution in [1.29, 1.82) is 0 Å². The van der Waals surface area contributed by atoms with Crippen LogP contribution in [0, 0.1) is 11.3 Å². The molecule has 3 aliphatic rings. The fraction of sp³-hybridized carbons (Fsp3) is 0.640. The summed E-state index contributed by atoms with van der Waals surface area (Å²) >= 11 is 0. The molecule has 0 aromatic carbocycles. The molecule has 1 aromatic rings. The second-order valence-corrected chi connectivity index (χ2v) is 13.2. The number of nitrogens with two attached hydrogens (primary N) is 1. The molecule has 234 valence electrons. The summed E-state index contributed by atoms with van der Waals surface area (Å²) in [5, 5.41) is 2.44. The van der Waals surface area contributed by atoms with Crippen LogP contribution in [0.4, 0.5) is 32.2 Å². The molecule has 0 saturated carbocycles. The normalized spacial score (nSPS) is 25.0. The fourth-order valence-electron chi connectivity index (χ4n) is 5.56. The molecule has 2 amide bonds. The van der Waals surface area contributed by atoms with Gasteiger partial charge in [-0.25, -0.2) is 30.9 Å². The number of amides is 2. The van der Waals surface area contributed by atoms with Crippen molar-refractivity contribution in [2.45, 2.75) is 64.1 Å². The summed E-state index contributed by atoms with van der Waals surface area (Å²) in [6.45, 7) is 0.781. The second kappa shape index (κ2) is 11.6. The first kappa shape index (κ1) is 32.0. The van der Waals surface area contributed by atoms with Crippen LogP contribution in [0.15, 0.2) is 23.8 Å². The summed E-state index contributed by atoms with van der Waals surface area (Å²) in [6.07, 6.45) is -4.60. The molecule has 3 atom stereocenters. The molecule has 2 unspecified atom stereocenters. The van der Waals surface area contributed by atoms with Crippen LogP contribution in [0.1, 0.15) is 44.1 Å². The predicted molar refractivity (Wildman–Crippen MR) is 139 cm³/mol. The number of hydrogen-bond donors (Lipinski definition) is 2. The molecule has 1 aromatic heterocycles. The summed E-state index contributed by atoms with van der Waals surface area (Å²) < 4.78 is 109. The number of nitrogens with one attached hydrogen (secondary N) is 1. The third-order valence-corrected chi connectivity index (χ3v) is 9.20. The number of sulfonamides is 1. The highest BCUT2D eigenvalue weighted by Crippen LogP contribution is 2.40. The molecule has 1 aliphatic carbocycles. The average molecular weight is 627 g/mol. The van der Waals surface area contributed by atoms with Crippen LogP contribution in [0.3, 0.4) is 0 Å². The number of anilines is 1. The summed E-state index contributed by atoms with van der Waals surface area (Å²) in [4.78, 5) is 30.9. The molecule has 42 heavy (non-hydrogen) atoms. The zero-order chi connectivity index (χ0) is 31.2. The largest absolute Gasteiger partial charge is 0.449 e. The Morgan fingerprint density at radius 3 is 2.40 bits per heavy atom. The number of carbonyl (C=O) groups excluding carboxylic acids is 2. The minimum Gasteiger partial charge on any atom is -0.335 e. The van der Waals surface area contributed by atoms with E-state index >= 15 is 0 Å². The minimum atomic E-state index is -4.85. The van der Waals surface area contributed by atoms with E-state index in [-0.39, 0.29) is 69.9 Å². The molecule has 2 aliphatic heterocycles. The number of aromatic nitrogens is 2. The third-order valence-electron chi connectivity index (χ3n) is 7.89. The first-order valence-corrected chi connectivity index (χ1v) is 15.1. The summed E-state index contributed by atoms with van der Waals surface area (Å²) in [5.74, 6) is -5.98. The van der Waals surface area contributed by atoms with Crippen molar-refractivity contribution in [1.82, 2.24) is 18.8 Å². The molecular weight excluding hydrogens is 594 g/mol. The van der Waals surface area contributed by atoms with E-state index in [2.05, 4.69) is 10.3 Å². The Morgan fingerprint density at radius 1 is 1.17 bits per heavy atom. The van der Waals surface area contributed by atoms with Gasteiger partial charge in [-0.05, 0) is 31.4 Å².